The molecule has 1 aliphatic rings. The molecule has 1 aromatic rings. The smallest absolute Gasteiger partial charge is 0.163 e. The number of ether oxygens (including phenoxy) is 6. The molecule has 1 heterocycles. The van der Waals surface area contributed by atoms with Gasteiger partial charge in [0.1, 0.15) is 11.5 Å². The number of benzene rings is 1. The highest BCUT2D eigenvalue weighted by Crippen LogP contribution is 2.26. The van der Waals surface area contributed by atoms with Crippen LogP contribution in [0.1, 0.15) is 32.3 Å². The van der Waals surface area contributed by atoms with E-state index in [4.69, 9.17) is 28.4 Å². The van der Waals surface area contributed by atoms with E-state index >= 15 is 0 Å². The molecule has 0 spiro atoms. The quantitative estimate of drug-likeness (QED) is 0.494. The van der Waals surface area contributed by atoms with Gasteiger partial charge in [-0.2, -0.15) is 0 Å². The van der Waals surface area contributed by atoms with Crippen molar-refractivity contribution in [2.75, 3.05) is 54.7 Å². The van der Waals surface area contributed by atoms with Crippen molar-refractivity contribution < 1.29 is 28.4 Å². The SMILES string of the molecule is COCC(CCOc1cc(CN(C)C)cc(OCCC2COC(C)(C)O2)c1)OC. The number of methoxy groups -OCH3 is 2. The van der Waals surface area contributed by atoms with Crippen molar-refractivity contribution in [3.8, 4) is 11.5 Å². The van der Waals surface area contributed by atoms with E-state index in [-0.39, 0.29) is 12.2 Å². The summed E-state index contributed by atoms with van der Waals surface area (Å²) in [5.74, 6) is 1.10. The Balaban J connectivity index is 1.91. The van der Waals surface area contributed by atoms with Gasteiger partial charge in [-0.3, -0.25) is 0 Å². The van der Waals surface area contributed by atoms with Gasteiger partial charge in [0.15, 0.2) is 5.79 Å². The number of hydrogen-bond acceptors (Lipinski definition) is 7. The molecule has 29 heavy (non-hydrogen) atoms. The minimum Gasteiger partial charge on any atom is -0.493 e. The van der Waals surface area contributed by atoms with Crippen molar-refractivity contribution in [2.24, 2.45) is 0 Å². The summed E-state index contributed by atoms with van der Waals surface area (Å²) in [5.41, 5.74) is 1.14. The summed E-state index contributed by atoms with van der Waals surface area (Å²) in [6, 6.07) is 6.06. The Morgan fingerprint density at radius 3 is 2.34 bits per heavy atom. The zero-order valence-corrected chi connectivity index (χ0v) is 18.7. The second-order valence-electron chi connectivity index (χ2n) is 8.09. The predicted molar refractivity (Wildman–Crippen MR) is 112 cm³/mol. The van der Waals surface area contributed by atoms with Crippen LogP contribution < -0.4 is 9.47 Å². The third-order valence-electron chi connectivity index (χ3n) is 4.61. The standard InChI is InChI=1S/C22H37NO6/c1-22(2)28-16-19(29-22)8-10-27-21-12-17(14-23(3)4)11-20(13-21)26-9-7-18(25-6)15-24-5/h11-13,18-19H,7-10,14-16H2,1-6H3. The summed E-state index contributed by atoms with van der Waals surface area (Å²) >= 11 is 0. The molecule has 1 saturated heterocycles. The number of nitrogens with zero attached hydrogens (tertiary/aromatic N) is 1. The highest BCUT2D eigenvalue weighted by Gasteiger charge is 2.32. The maximum absolute atomic E-state index is 6.01. The fraction of sp³-hybridized carbons (Fsp3) is 0.727. The molecule has 166 valence electrons. The van der Waals surface area contributed by atoms with Gasteiger partial charge in [0.25, 0.3) is 0 Å². The fourth-order valence-electron chi connectivity index (χ4n) is 3.23. The largest absolute Gasteiger partial charge is 0.493 e. The number of hydrogen-bond donors (Lipinski definition) is 0. The van der Waals surface area contributed by atoms with Gasteiger partial charge in [-0.15, -0.1) is 0 Å². The van der Waals surface area contributed by atoms with Crippen LogP contribution in [0.5, 0.6) is 11.5 Å². The summed E-state index contributed by atoms with van der Waals surface area (Å²) in [4.78, 5) is 2.12. The molecular formula is C22H37NO6. The first kappa shape index (κ1) is 23.9. The van der Waals surface area contributed by atoms with E-state index < -0.39 is 5.79 Å². The third-order valence-corrected chi connectivity index (χ3v) is 4.61. The minimum atomic E-state index is -0.500. The Morgan fingerprint density at radius 2 is 1.79 bits per heavy atom. The van der Waals surface area contributed by atoms with Gasteiger partial charge < -0.3 is 33.3 Å². The van der Waals surface area contributed by atoms with Gasteiger partial charge in [-0.25, -0.2) is 0 Å². The maximum Gasteiger partial charge on any atom is 0.163 e. The second-order valence-corrected chi connectivity index (χ2v) is 8.09. The van der Waals surface area contributed by atoms with Crippen LogP contribution in [0, 0.1) is 0 Å². The fourth-order valence-corrected chi connectivity index (χ4v) is 3.23. The van der Waals surface area contributed by atoms with Crippen LogP contribution in [0.3, 0.4) is 0 Å². The van der Waals surface area contributed by atoms with E-state index in [1.165, 1.54) is 0 Å². The van der Waals surface area contributed by atoms with Crippen LogP contribution in [-0.4, -0.2) is 77.6 Å². The molecule has 7 heteroatoms. The predicted octanol–water partition coefficient (Wildman–Crippen LogP) is 3.10. The van der Waals surface area contributed by atoms with Crippen molar-refractivity contribution in [3.05, 3.63) is 23.8 Å². The molecular weight excluding hydrogens is 374 g/mol. The van der Waals surface area contributed by atoms with Crippen LogP contribution in [0.15, 0.2) is 18.2 Å². The first-order chi connectivity index (χ1) is 13.8. The van der Waals surface area contributed by atoms with Crippen LogP contribution in [-0.2, 0) is 25.5 Å². The van der Waals surface area contributed by atoms with E-state index in [0.29, 0.717) is 26.4 Å². The van der Waals surface area contributed by atoms with Crippen LogP contribution in [0.4, 0.5) is 0 Å². The van der Waals surface area contributed by atoms with Crippen LogP contribution in [0.25, 0.3) is 0 Å². The lowest BCUT2D eigenvalue weighted by Gasteiger charge is -2.18. The van der Waals surface area contributed by atoms with E-state index in [9.17, 15) is 0 Å². The lowest BCUT2D eigenvalue weighted by Crippen LogP contribution is -2.22. The molecule has 0 N–H and O–H groups in total. The van der Waals surface area contributed by atoms with Crippen LogP contribution >= 0.6 is 0 Å². The minimum absolute atomic E-state index is 0.0264. The van der Waals surface area contributed by atoms with Crippen molar-refractivity contribution in [2.45, 2.75) is 51.2 Å². The highest BCUT2D eigenvalue weighted by atomic mass is 16.7. The van der Waals surface area contributed by atoms with Gasteiger partial charge in [0.05, 0.1) is 38.6 Å². The van der Waals surface area contributed by atoms with Gasteiger partial charge in [0, 0.05) is 39.7 Å². The Bertz CT molecular complexity index is 607. The zero-order valence-electron chi connectivity index (χ0n) is 18.7. The molecule has 2 atom stereocenters. The molecule has 2 unspecified atom stereocenters. The monoisotopic (exact) mass is 411 g/mol. The lowest BCUT2D eigenvalue weighted by molar-refractivity contribution is -0.139. The summed E-state index contributed by atoms with van der Waals surface area (Å²) in [5, 5.41) is 0. The van der Waals surface area contributed by atoms with Gasteiger partial charge in [-0.05, 0) is 45.6 Å². The molecule has 1 fully saturated rings. The zero-order chi connectivity index (χ0) is 21.3. The van der Waals surface area contributed by atoms with E-state index in [0.717, 1.165) is 36.4 Å². The molecule has 1 aliphatic heterocycles. The van der Waals surface area contributed by atoms with E-state index in [1.54, 1.807) is 14.2 Å². The summed E-state index contributed by atoms with van der Waals surface area (Å²) in [6.45, 7) is 6.95. The molecule has 0 saturated carbocycles. The topological polar surface area (TPSA) is 58.6 Å². The Morgan fingerprint density at radius 1 is 1.10 bits per heavy atom. The average Bonchev–Trinajstić information content (AvgIpc) is 2.99. The molecule has 7 nitrogen and oxygen atoms in total. The van der Waals surface area contributed by atoms with Gasteiger partial charge in [-0.1, -0.05) is 0 Å². The second kappa shape index (κ2) is 11.7. The van der Waals surface area contributed by atoms with E-state index in [1.807, 2.05) is 34.0 Å². The van der Waals surface area contributed by atoms with Crippen molar-refractivity contribution >= 4 is 0 Å². The average molecular weight is 412 g/mol. The molecule has 0 radical (unpaired) electrons. The highest BCUT2D eigenvalue weighted by molar-refractivity contribution is 5.38. The first-order valence-corrected chi connectivity index (χ1v) is 10.2. The maximum atomic E-state index is 6.01. The summed E-state index contributed by atoms with van der Waals surface area (Å²) in [6.07, 6.45) is 1.63. The molecule has 0 aliphatic carbocycles. The summed E-state index contributed by atoms with van der Waals surface area (Å²) < 4.78 is 34.0. The van der Waals surface area contributed by atoms with Crippen molar-refractivity contribution in [3.63, 3.8) is 0 Å². The molecule has 1 aromatic carbocycles. The summed E-state index contributed by atoms with van der Waals surface area (Å²) in [7, 11) is 7.45. The lowest BCUT2D eigenvalue weighted by atomic mass is 10.2. The Hall–Kier alpha value is -1.38. The van der Waals surface area contributed by atoms with Crippen LogP contribution in [0.2, 0.25) is 0 Å². The van der Waals surface area contributed by atoms with Gasteiger partial charge >= 0.3 is 0 Å². The van der Waals surface area contributed by atoms with Crippen molar-refractivity contribution in [1.82, 2.24) is 4.90 Å². The normalized spacial score (nSPS) is 19.5. The Labute approximate surface area is 175 Å². The molecule has 0 aromatic heterocycles. The first-order valence-electron chi connectivity index (χ1n) is 10.2. The Kier molecular flexibility index (Phi) is 9.65. The number of rotatable bonds is 13. The molecule has 0 amide bonds. The van der Waals surface area contributed by atoms with Gasteiger partial charge in [0.2, 0.25) is 0 Å². The third kappa shape index (κ3) is 8.88. The molecule has 2 rings (SSSR count). The van der Waals surface area contributed by atoms with Crippen molar-refractivity contribution in [1.29, 1.82) is 0 Å². The molecule has 0 bridgehead atoms. The van der Waals surface area contributed by atoms with E-state index in [2.05, 4.69) is 17.0 Å².